The summed E-state index contributed by atoms with van der Waals surface area (Å²) in [6.07, 6.45) is 0. The Hall–Kier alpha value is -0.920. The number of aromatic nitrogens is 2. The van der Waals surface area contributed by atoms with Crippen molar-refractivity contribution >= 4 is 10.0 Å². The van der Waals surface area contributed by atoms with Crippen molar-refractivity contribution in [3.63, 3.8) is 0 Å². The largest absolute Gasteiger partial charge is 0.318 e. The molecule has 1 aromatic heterocycles. The van der Waals surface area contributed by atoms with Crippen molar-refractivity contribution in [2.45, 2.75) is 45.2 Å². The highest BCUT2D eigenvalue weighted by molar-refractivity contribution is 7.89. The fourth-order valence-corrected chi connectivity index (χ4v) is 3.65. The molecule has 1 heterocycles. The van der Waals surface area contributed by atoms with Crippen molar-refractivity contribution in [1.29, 1.82) is 0 Å². The molecule has 19 heavy (non-hydrogen) atoms. The normalized spacial score (nSPS) is 12.6. The van der Waals surface area contributed by atoms with E-state index in [2.05, 4.69) is 10.4 Å². The highest BCUT2D eigenvalue weighted by atomic mass is 32.2. The Bertz CT molecular complexity index is 534. The zero-order valence-corrected chi connectivity index (χ0v) is 13.4. The average molecular weight is 288 g/mol. The van der Waals surface area contributed by atoms with Crippen molar-refractivity contribution in [2.75, 3.05) is 20.6 Å². The first-order valence-corrected chi connectivity index (χ1v) is 7.84. The van der Waals surface area contributed by atoms with Crippen LogP contribution in [0.15, 0.2) is 4.90 Å². The van der Waals surface area contributed by atoms with E-state index in [-0.39, 0.29) is 6.04 Å². The molecule has 0 radical (unpaired) electrons. The minimum absolute atomic E-state index is 0.0792. The zero-order chi connectivity index (χ0) is 14.8. The van der Waals surface area contributed by atoms with Crippen LogP contribution in [0.2, 0.25) is 0 Å². The molecule has 0 spiro atoms. The lowest BCUT2D eigenvalue weighted by Crippen LogP contribution is -2.33. The molecule has 0 aliphatic rings. The van der Waals surface area contributed by atoms with Gasteiger partial charge in [0.2, 0.25) is 10.0 Å². The molecular weight excluding hydrogens is 264 g/mol. The third-order valence-corrected chi connectivity index (χ3v) is 5.54. The molecule has 110 valence electrons. The predicted molar refractivity (Wildman–Crippen MR) is 75.7 cm³/mol. The first-order valence-electron chi connectivity index (χ1n) is 6.40. The second kappa shape index (κ2) is 6.02. The van der Waals surface area contributed by atoms with Crippen LogP contribution in [0.1, 0.15) is 25.2 Å². The Morgan fingerprint density at radius 2 is 1.95 bits per heavy atom. The third kappa shape index (κ3) is 3.16. The molecule has 0 saturated heterocycles. The van der Waals surface area contributed by atoms with Crippen LogP contribution in [0.5, 0.6) is 0 Å². The topological polar surface area (TPSA) is 67.2 Å². The van der Waals surface area contributed by atoms with E-state index in [1.165, 1.54) is 4.31 Å². The van der Waals surface area contributed by atoms with Crippen molar-refractivity contribution in [3.05, 3.63) is 11.4 Å². The standard InChI is InChI=1S/C12H24N4O2S/c1-9(2)15(6)19(17,18)12-10(3)14-16(11(12)4)8-7-13-5/h9,13H,7-8H2,1-6H3. The summed E-state index contributed by atoms with van der Waals surface area (Å²) >= 11 is 0. The number of sulfonamides is 1. The lowest BCUT2D eigenvalue weighted by atomic mass is 10.4. The highest BCUT2D eigenvalue weighted by Gasteiger charge is 2.29. The van der Waals surface area contributed by atoms with E-state index >= 15 is 0 Å². The number of nitrogens with one attached hydrogen (secondary N) is 1. The molecule has 1 aromatic rings. The van der Waals surface area contributed by atoms with Gasteiger partial charge < -0.3 is 5.32 Å². The summed E-state index contributed by atoms with van der Waals surface area (Å²) < 4.78 is 28.2. The van der Waals surface area contributed by atoms with Crippen LogP contribution in [0.4, 0.5) is 0 Å². The Morgan fingerprint density at radius 1 is 1.37 bits per heavy atom. The number of likely N-dealkylation sites (N-methyl/N-ethyl adjacent to an activating group) is 1. The monoisotopic (exact) mass is 288 g/mol. The quantitative estimate of drug-likeness (QED) is 0.839. The first kappa shape index (κ1) is 16.1. The van der Waals surface area contributed by atoms with Crippen LogP contribution in [-0.4, -0.2) is 49.2 Å². The Labute approximate surface area is 115 Å². The number of nitrogens with zero attached hydrogens (tertiary/aromatic N) is 3. The smallest absolute Gasteiger partial charge is 0.246 e. The van der Waals surface area contributed by atoms with Gasteiger partial charge in [0.05, 0.1) is 17.9 Å². The maximum Gasteiger partial charge on any atom is 0.246 e. The third-order valence-electron chi connectivity index (χ3n) is 3.25. The molecule has 7 heteroatoms. The van der Waals surface area contributed by atoms with Gasteiger partial charge in [-0.3, -0.25) is 4.68 Å². The SMILES string of the molecule is CNCCn1nc(C)c(S(=O)(=O)N(C)C(C)C)c1C. The van der Waals surface area contributed by atoms with Crippen molar-refractivity contribution in [1.82, 2.24) is 19.4 Å². The molecule has 0 bridgehead atoms. The second-order valence-corrected chi connectivity index (χ2v) is 6.88. The first-order chi connectivity index (χ1) is 8.73. The van der Waals surface area contributed by atoms with Gasteiger partial charge in [0.1, 0.15) is 4.90 Å². The minimum Gasteiger partial charge on any atom is -0.318 e. The van der Waals surface area contributed by atoms with E-state index in [0.29, 0.717) is 22.8 Å². The second-order valence-electron chi connectivity index (χ2n) is 4.94. The maximum atomic E-state index is 12.6. The molecule has 0 amide bonds. The molecular formula is C12H24N4O2S. The molecule has 1 N–H and O–H groups in total. The molecule has 0 aromatic carbocycles. The number of aryl methyl sites for hydroxylation is 1. The molecule has 0 fully saturated rings. The van der Waals surface area contributed by atoms with E-state index in [1.54, 1.807) is 25.6 Å². The number of rotatable bonds is 6. The van der Waals surface area contributed by atoms with Gasteiger partial charge in [0, 0.05) is 19.6 Å². The van der Waals surface area contributed by atoms with Crippen LogP contribution in [0, 0.1) is 13.8 Å². The fraction of sp³-hybridized carbons (Fsp3) is 0.750. The van der Waals surface area contributed by atoms with Crippen LogP contribution in [-0.2, 0) is 16.6 Å². The summed E-state index contributed by atoms with van der Waals surface area (Å²) in [6, 6.07) is -0.0792. The average Bonchev–Trinajstić information content (AvgIpc) is 2.60. The maximum absolute atomic E-state index is 12.6. The van der Waals surface area contributed by atoms with E-state index in [0.717, 1.165) is 6.54 Å². The van der Waals surface area contributed by atoms with Gasteiger partial charge in [-0.15, -0.1) is 0 Å². The molecule has 0 atom stereocenters. The van der Waals surface area contributed by atoms with Crippen molar-refractivity contribution < 1.29 is 8.42 Å². The highest BCUT2D eigenvalue weighted by Crippen LogP contribution is 2.23. The van der Waals surface area contributed by atoms with Crippen LogP contribution in [0.3, 0.4) is 0 Å². The summed E-state index contributed by atoms with van der Waals surface area (Å²) in [6.45, 7) is 8.66. The van der Waals surface area contributed by atoms with Crippen LogP contribution >= 0.6 is 0 Å². The summed E-state index contributed by atoms with van der Waals surface area (Å²) in [5, 5.41) is 7.36. The number of hydrogen-bond donors (Lipinski definition) is 1. The van der Waals surface area contributed by atoms with Crippen molar-refractivity contribution in [2.24, 2.45) is 0 Å². The summed E-state index contributed by atoms with van der Waals surface area (Å²) in [5.74, 6) is 0. The Kier molecular flexibility index (Phi) is 5.11. The molecule has 0 saturated carbocycles. The van der Waals surface area contributed by atoms with Gasteiger partial charge >= 0.3 is 0 Å². The van der Waals surface area contributed by atoms with E-state index in [4.69, 9.17) is 0 Å². The number of hydrogen-bond acceptors (Lipinski definition) is 4. The van der Waals surface area contributed by atoms with E-state index in [9.17, 15) is 8.42 Å². The lowest BCUT2D eigenvalue weighted by molar-refractivity contribution is 0.410. The van der Waals surface area contributed by atoms with Gasteiger partial charge in [-0.05, 0) is 34.7 Å². The van der Waals surface area contributed by atoms with Gasteiger partial charge in [-0.25, -0.2) is 8.42 Å². The Balaban J connectivity index is 3.24. The predicted octanol–water partition coefficient (Wildman–Crippen LogP) is 0.748. The molecule has 6 nitrogen and oxygen atoms in total. The molecule has 0 aliphatic heterocycles. The van der Waals surface area contributed by atoms with Gasteiger partial charge in [0.25, 0.3) is 0 Å². The Morgan fingerprint density at radius 3 is 2.42 bits per heavy atom. The van der Waals surface area contributed by atoms with Gasteiger partial charge in [0.15, 0.2) is 0 Å². The zero-order valence-electron chi connectivity index (χ0n) is 12.6. The van der Waals surface area contributed by atoms with E-state index in [1.807, 2.05) is 20.9 Å². The summed E-state index contributed by atoms with van der Waals surface area (Å²) in [7, 11) is -0.0162. The van der Waals surface area contributed by atoms with E-state index < -0.39 is 10.0 Å². The summed E-state index contributed by atoms with van der Waals surface area (Å²) in [4.78, 5) is 0.333. The van der Waals surface area contributed by atoms with Crippen LogP contribution < -0.4 is 5.32 Å². The lowest BCUT2D eigenvalue weighted by Gasteiger charge is -2.21. The van der Waals surface area contributed by atoms with Gasteiger partial charge in [-0.1, -0.05) is 0 Å². The molecule has 0 unspecified atom stereocenters. The van der Waals surface area contributed by atoms with Gasteiger partial charge in [-0.2, -0.15) is 9.40 Å². The van der Waals surface area contributed by atoms with Crippen LogP contribution in [0.25, 0.3) is 0 Å². The molecule has 1 rings (SSSR count). The van der Waals surface area contributed by atoms with Crippen molar-refractivity contribution in [3.8, 4) is 0 Å². The molecule has 0 aliphatic carbocycles. The fourth-order valence-electron chi connectivity index (χ4n) is 1.91. The summed E-state index contributed by atoms with van der Waals surface area (Å²) in [5.41, 5.74) is 1.25. The minimum atomic E-state index is -3.47.